The minimum absolute atomic E-state index is 0.110. The summed E-state index contributed by atoms with van der Waals surface area (Å²) in [7, 11) is 0. The van der Waals surface area contributed by atoms with Gasteiger partial charge in [-0.25, -0.2) is 4.98 Å². The lowest BCUT2D eigenvalue weighted by Crippen LogP contribution is -2.48. The Bertz CT molecular complexity index is 905. The van der Waals surface area contributed by atoms with Gasteiger partial charge in [0.15, 0.2) is 6.20 Å². The molecule has 4 rings (SSSR count). The molecule has 0 bridgehead atoms. The number of halogens is 1. The number of carbonyl (C=O) groups is 1. The minimum Gasteiger partial charge on any atom is -0.367 e. The molecule has 0 radical (unpaired) electrons. The van der Waals surface area contributed by atoms with Crippen molar-refractivity contribution in [2.75, 3.05) is 31.1 Å². The van der Waals surface area contributed by atoms with Crippen LogP contribution < -0.4 is 9.88 Å². The number of amides is 1. The van der Waals surface area contributed by atoms with Crippen molar-refractivity contribution in [2.24, 2.45) is 0 Å². The van der Waals surface area contributed by atoms with Gasteiger partial charge in [-0.3, -0.25) is 4.79 Å². The number of aromatic amines is 1. The fourth-order valence-corrected chi connectivity index (χ4v) is 3.52. The van der Waals surface area contributed by atoms with Crippen molar-refractivity contribution in [1.82, 2.24) is 4.90 Å². The monoisotopic (exact) mass is 352 g/mol. The van der Waals surface area contributed by atoms with Gasteiger partial charge in [0.25, 0.3) is 5.91 Å². The van der Waals surface area contributed by atoms with Crippen molar-refractivity contribution in [1.29, 1.82) is 0 Å². The maximum atomic E-state index is 12.6. The van der Waals surface area contributed by atoms with E-state index in [9.17, 15) is 4.79 Å². The SMILES string of the molecule is O=C(c1ccccc1)N1CCN(c2cc[nH+]c3cc(Cl)ccc23)CC1. The summed E-state index contributed by atoms with van der Waals surface area (Å²) in [6.45, 7) is 3.09. The molecular weight excluding hydrogens is 334 g/mol. The van der Waals surface area contributed by atoms with Gasteiger partial charge < -0.3 is 9.80 Å². The number of piperazine rings is 1. The fourth-order valence-electron chi connectivity index (χ4n) is 3.35. The number of nitrogens with zero attached hydrogens (tertiary/aromatic N) is 2. The molecule has 2 aromatic carbocycles. The molecule has 1 N–H and O–H groups in total. The number of hydrogen-bond acceptors (Lipinski definition) is 2. The lowest BCUT2D eigenvalue weighted by Gasteiger charge is -2.36. The summed E-state index contributed by atoms with van der Waals surface area (Å²) >= 11 is 6.09. The smallest absolute Gasteiger partial charge is 0.253 e. The summed E-state index contributed by atoms with van der Waals surface area (Å²) < 4.78 is 0. The highest BCUT2D eigenvalue weighted by Gasteiger charge is 2.23. The number of fused-ring (bicyclic) bond motifs is 1. The van der Waals surface area contributed by atoms with Crippen molar-refractivity contribution in [2.45, 2.75) is 0 Å². The van der Waals surface area contributed by atoms with Crippen LogP contribution in [0.5, 0.6) is 0 Å². The van der Waals surface area contributed by atoms with E-state index in [1.165, 1.54) is 5.69 Å². The first-order valence-electron chi connectivity index (χ1n) is 8.41. The molecule has 0 atom stereocenters. The topological polar surface area (TPSA) is 37.7 Å². The first-order chi connectivity index (χ1) is 12.2. The van der Waals surface area contributed by atoms with Crippen LogP contribution in [0.4, 0.5) is 5.69 Å². The van der Waals surface area contributed by atoms with Crippen LogP contribution in [0.2, 0.25) is 5.02 Å². The van der Waals surface area contributed by atoms with E-state index in [1.54, 1.807) is 0 Å². The second kappa shape index (κ2) is 6.73. The maximum absolute atomic E-state index is 12.6. The molecule has 1 saturated heterocycles. The average Bonchev–Trinajstić information content (AvgIpc) is 2.67. The third kappa shape index (κ3) is 3.17. The molecule has 1 aliphatic rings. The van der Waals surface area contributed by atoms with Gasteiger partial charge in [-0.05, 0) is 24.3 Å². The minimum atomic E-state index is 0.110. The highest BCUT2D eigenvalue weighted by molar-refractivity contribution is 6.31. The lowest BCUT2D eigenvalue weighted by molar-refractivity contribution is -0.344. The van der Waals surface area contributed by atoms with Gasteiger partial charge in [0.1, 0.15) is 0 Å². The Balaban J connectivity index is 1.52. The summed E-state index contributed by atoms with van der Waals surface area (Å²) in [4.78, 5) is 20.1. The molecule has 0 unspecified atom stereocenters. The van der Waals surface area contributed by atoms with E-state index < -0.39 is 0 Å². The van der Waals surface area contributed by atoms with Crippen LogP contribution in [0.15, 0.2) is 60.8 Å². The Morgan fingerprint density at radius 1 is 0.960 bits per heavy atom. The molecule has 0 aliphatic carbocycles. The molecule has 0 saturated carbocycles. The van der Waals surface area contributed by atoms with Crippen molar-refractivity contribution in [3.05, 3.63) is 71.4 Å². The fraction of sp³-hybridized carbons (Fsp3) is 0.200. The molecule has 1 aliphatic heterocycles. The molecule has 5 heteroatoms. The van der Waals surface area contributed by atoms with E-state index in [0.717, 1.165) is 47.7 Å². The van der Waals surface area contributed by atoms with Gasteiger partial charge in [-0.2, -0.15) is 0 Å². The van der Waals surface area contributed by atoms with Gasteiger partial charge in [0, 0.05) is 48.9 Å². The molecule has 4 nitrogen and oxygen atoms in total. The Hall–Kier alpha value is -2.59. The van der Waals surface area contributed by atoms with Crippen molar-refractivity contribution in [3.63, 3.8) is 0 Å². The van der Waals surface area contributed by atoms with E-state index in [0.29, 0.717) is 0 Å². The maximum Gasteiger partial charge on any atom is 0.253 e. The molecule has 0 spiro atoms. The molecule has 1 fully saturated rings. The Morgan fingerprint density at radius 2 is 1.72 bits per heavy atom. The molecule has 25 heavy (non-hydrogen) atoms. The summed E-state index contributed by atoms with van der Waals surface area (Å²) in [5, 5.41) is 1.87. The summed E-state index contributed by atoms with van der Waals surface area (Å²) in [6.07, 6.45) is 1.94. The van der Waals surface area contributed by atoms with Gasteiger partial charge in [-0.1, -0.05) is 29.8 Å². The predicted octanol–water partition coefficient (Wildman–Crippen LogP) is 3.27. The number of nitrogens with one attached hydrogen (secondary N) is 1. The van der Waals surface area contributed by atoms with E-state index in [1.807, 2.05) is 59.6 Å². The largest absolute Gasteiger partial charge is 0.367 e. The number of carbonyl (C=O) groups excluding carboxylic acids is 1. The normalized spacial score (nSPS) is 14.8. The van der Waals surface area contributed by atoms with Crippen LogP contribution in [0.1, 0.15) is 10.4 Å². The molecule has 1 aromatic heterocycles. The molecule has 2 heterocycles. The Kier molecular flexibility index (Phi) is 4.28. The number of pyridine rings is 1. The summed E-state index contributed by atoms with van der Waals surface area (Å²) in [5.74, 6) is 0.110. The zero-order valence-corrected chi connectivity index (χ0v) is 14.5. The van der Waals surface area contributed by atoms with Crippen LogP contribution in [0.3, 0.4) is 0 Å². The van der Waals surface area contributed by atoms with Crippen LogP contribution in [0.25, 0.3) is 10.9 Å². The van der Waals surface area contributed by atoms with E-state index in [4.69, 9.17) is 11.6 Å². The quantitative estimate of drug-likeness (QED) is 0.710. The number of rotatable bonds is 2. The number of anilines is 1. The van der Waals surface area contributed by atoms with Gasteiger partial charge in [-0.15, -0.1) is 0 Å². The van der Waals surface area contributed by atoms with Crippen molar-refractivity contribution < 1.29 is 9.78 Å². The van der Waals surface area contributed by atoms with Crippen LogP contribution >= 0.6 is 11.6 Å². The number of hydrogen-bond donors (Lipinski definition) is 0. The first-order valence-corrected chi connectivity index (χ1v) is 8.79. The zero-order chi connectivity index (χ0) is 17.2. The average molecular weight is 353 g/mol. The number of H-pyrrole nitrogens is 1. The van der Waals surface area contributed by atoms with Crippen LogP contribution in [-0.2, 0) is 0 Å². The van der Waals surface area contributed by atoms with Gasteiger partial charge in [0.05, 0.1) is 11.1 Å². The van der Waals surface area contributed by atoms with E-state index in [-0.39, 0.29) is 5.91 Å². The van der Waals surface area contributed by atoms with E-state index in [2.05, 4.69) is 16.0 Å². The molecule has 1 amide bonds. The van der Waals surface area contributed by atoms with Gasteiger partial charge in [0.2, 0.25) is 5.52 Å². The highest BCUT2D eigenvalue weighted by atomic mass is 35.5. The van der Waals surface area contributed by atoms with Crippen molar-refractivity contribution >= 4 is 34.1 Å². The van der Waals surface area contributed by atoms with Gasteiger partial charge >= 0.3 is 0 Å². The highest BCUT2D eigenvalue weighted by Crippen LogP contribution is 2.27. The summed E-state index contributed by atoms with van der Waals surface area (Å²) in [6, 6.07) is 17.5. The number of benzene rings is 2. The zero-order valence-electron chi connectivity index (χ0n) is 13.8. The van der Waals surface area contributed by atoms with Crippen molar-refractivity contribution in [3.8, 4) is 0 Å². The Labute approximate surface area is 151 Å². The first kappa shape index (κ1) is 15.9. The molecule has 3 aromatic rings. The second-order valence-corrected chi connectivity index (χ2v) is 6.63. The summed E-state index contributed by atoms with van der Waals surface area (Å²) in [5.41, 5.74) is 2.95. The van der Waals surface area contributed by atoms with Crippen LogP contribution in [0, 0.1) is 0 Å². The molecular formula is C20H19ClN3O+. The predicted molar refractivity (Wildman–Crippen MR) is 100 cm³/mol. The van der Waals surface area contributed by atoms with E-state index >= 15 is 0 Å². The van der Waals surface area contributed by atoms with Crippen LogP contribution in [-0.4, -0.2) is 37.0 Å². The number of aromatic nitrogens is 1. The molecule has 126 valence electrons. The third-order valence-electron chi connectivity index (χ3n) is 4.67. The lowest BCUT2D eigenvalue weighted by atomic mass is 10.1. The standard InChI is InChI=1S/C20H18ClN3O/c21-16-6-7-17-18(14-16)22-9-8-19(17)23-10-12-24(13-11-23)20(25)15-4-2-1-3-5-15/h1-9,14H,10-13H2/p+1. The third-order valence-corrected chi connectivity index (χ3v) is 4.90. The Morgan fingerprint density at radius 3 is 2.48 bits per heavy atom. The second-order valence-electron chi connectivity index (χ2n) is 6.20.